The number of hydrogen-bond donors (Lipinski definition) is 4. The molecule has 9 nitrogen and oxygen atoms in total. The van der Waals surface area contributed by atoms with Crippen molar-refractivity contribution in [2.45, 2.75) is 64.6 Å². The Bertz CT molecular complexity index is 1140. The lowest BCUT2D eigenvalue weighted by atomic mass is 9.89. The highest BCUT2D eigenvalue weighted by Crippen LogP contribution is 2.26. The zero-order chi connectivity index (χ0) is 25.8. The molecule has 34 heavy (non-hydrogen) atoms. The third-order valence-corrected chi connectivity index (χ3v) is 5.99. The van der Waals surface area contributed by atoms with Crippen LogP contribution in [-0.2, 0) is 9.59 Å². The number of methoxy groups -OCH3 is 1. The van der Waals surface area contributed by atoms with Gasteiger partial charge in [-0.2, -0.15) is 5.26 Å². The molecule has 0 spiro atoms. The molecule has 0 saturated carbocycles. The Balaban J connectivity index is 1.69. The fourth-order valence-electron chi connectivity index (χ4n) is 4.19. The highest BCUT2D eigenvalue weighted by molar-refractivity contribution is 6.01. The SMILES string of the molecule is [2H]C1(C)CC[C@@H](C[C@@H](C#N)NC(=O)[C@H](CC(C)C)NC(=O)c2cc3c(OC)cccc3[nH]2)C(=O)N1. The lowest BCUT2D eigenvalue weighted by molar-refractivity contribution is -0.129. The van der Waals surface area contributed by atoms with Crippen LogP contribution in [0.3, 0.4) is 0 Å². The van der Waals surface area contributed by atoms with Crippen molar-refractivity contribution in [1.29, 1.82) is 5.26 Å². The molecule has 1 unspecified atom stereocenters. The van der Waals surface area contributed by atoms with E-state index in [2.05, 4.69) is 27.0 Å². The topological polar surface area (TPSA) is 136 Å². The smallest absolute Gasteiger partial charge is 0.268 e. The number of carbonyl (C=O) groups is 3. The molecule has 1 fully saturated rings. The predicted molar refractivity (Wildman–Crippen MR) is 128 cm³/mol. The number of rotatable bonds is 9. The van der Waals surface area contributed by atoms with Gasteiger partial charge in [0.25, 0.3) is 5.91 Å². The molecule has 0 radical (unpaired) electrons. The van der Waals surface area contributed by atoms with Crippen LogP contribution in [0.15, 0.2) is 24.3 Å². The number of piperidine rings is 1. The van der Waals surface area contributed by atoms with E-state index in [-0.39, 0.29) is 18.2 Å². The number of benzene rings is 1. The molecule has 2 heterocycles. The third kappa shape index (κ3) is 6.07. The zero-order valence-electron chi connectivity index (χ0n) is 21.0. The molecule has 4 atom stereocenters. The number of ether oxygens (including phenoxy) is 1. The van der Waals surface area contributed by atoms with Gasteiger partial charge in [0, 0.05) is 22.8 Å². The first-order valence-electron chi connectivity index (χ1n) is 12.0. The molecule has 4 N–H and O–H groups in total. The van der Waals surface area contributed by atoms with Crippen molar-refractivity contribution in [2.24, 2.45) is 11.8 Å². The number of aromatic nitrogens is 1. The largest absolute Gasteiger partial charge is 0.496 e. The molecule has 1 aliphatic heterocycles. The molecule has 3 rings (SSSR count). The van der Waals surface area contributed by atoms with Crippen molar-refractivity contribution in [1.82, 2.24) is 20.9 Å². The number of aromatic amines is 1. The fourth-order valence-corrected chi connectivity index (χ4v) is 4.19. The Kier molecular flexibility index (Phi) is 7.68. The molecule has 1 saturated heterocycles. The van der Waals surface area contributed by atoms with E-state index in [9.17, 15) is 19.6 Å². The van der Waals surface area contributed by atoms with Crippen LogP contribution >= 0.6 is 0 Å². The molecule has 1 aromatic carbocycles. The van der Waals surface area contributed by atoms with Crippen molar-refractivity contribution < 1.29 is 20.5 Å². The van der Waals surface area contributed by atoms with Crippen LogP contribution in [0.2, 0.25) is 0 Å². The van der Waals surface area contributed by atoms with Crippen LogP contribution in [-0.4, -0.2) is 47.9 Å². The van der Waals surface area contributed by atoms with E-state index in [4.69, 9.17) is 6.11 Å². The van der Waals surface area contributed by atoms with Crippen LogP contribution in [0, 0.1) is 23.2 Å². The van der Waals surface area contributed by atoms with Crippen LogP contribution in [0.1, 0.15) is 58.3 Å². The molecule has 182 valence electrons. The molecule has 1 aromatic heterocycles. The van der Waals surface area contributed by atoms with Crippen LogP contribution in [0.5, 0.6) is 5.75 Å². The van der Waals surface area contributed by atoms with Gasteiger partial charge in [0.05, 0.1) is 14.5 Å². The Morgan fingerprint density at radius 1 is 1.32 bits per heavy atom. The van der Waals surface area contributed by atoms with E-state index in [1.807, 2.05) is 26.0 Å². The van der Waals surface area contributed by atoms with Gasteiger partial charge in [0.2, 0.25) is 11.8 Å². The van der Waals surface area contributed by atoms with Gasteiger partial charge in [-0.15, -0.1) is 0 Å². The summed E-state index contributed by atoms with van der Waals surface area (Å²) < 4.78 is 13.3. The number of hydrogen-bond acceptors (Lipinski definition) is 5. The minimum Gasteiger partial charge on any atom is -0.496 e. The summed E-state index contributed by atoms with van der Waals surface area (Å²) in [6.07, 6.45) is 1.46. The number of H-pyrrole nitrogens is 1. The Morgan fingerprint density at radius 3 is 2.74 bits per heavy atom. The summed E-state index contributed by atoms with van der Waals surface area (Å²) in [6.45, 7) is 5.51. The molecule has 3 amide bonds. The van der Waals surface area contributed by atoms with E-state index >= 15 is 0 Å². The lowest BCUT2D eigenvalue weighted by Gasteiger charge is -2.28. The van der Waals surface area contributed by atoms with Crippen LogP contribution in [0.25, 0.3) is 10.9 Å². The average Bonchev–Trinajstić information content (AvgIpc) is 3.23. The maximum absolute atomic E-state index is 13.1. The predicted octanol–water partition coefficient (Wildman–Crippen LogP) is 2.63. The van der Waals surface area contributed by atoms with Crippen molar-refractivity contribution in [2.75, 3.05) is 7.11 Å². The van der Waals surface area contributed by atoms with Gasteiger partial charge < -0.3 is 25.7 Å². The summed E-state index contributed by atoms with van der Waals surface area (Å²) in [5.74, 6) is -0.938. The number of nitriles is 1. The molecule has 0 aliphatic carbocycles. The van der Waals surface area contributed by atoms with E-state index in [1.54, 1.807) is 26.2 Å². The maximum atomic E-state index is 13.1. The standard InChI is InChI=1S/C25H33N5O4/c1-14(2)10-20(24(32)28-17(13-26)11-16-9-8-15(3)27-23(16)31)30-25(33)21-12-18-19(29-21)6-5-7-22(18)34-4/h5-7,12,14-17,20,29H,8-11H2,1-4H3,(H,27,31)(H,28,32)(H,30,33)/t15?,16-,17-,20-/m0/s1/i15D. The molecular weight excluding hydrogens is 434 g/mol. The molecule has 9 heteroatoms. The van der Waals surface area contributed by atoms with Crippen molar-refractivity contribution in [3.05, 3.63) is 30.0 Å². The number of amides is 3. The summed E-state index contributed by atoms with van der Waals surface area (Å²) in [7, 11) is 1.55. The first-order chi connectivity index (χ1) is 16.5. The van der Waals surface area contributed by atoms with Crippen LogP contribution < -0.4 is 20.7 Å². The molecule has 1 aliphatic rings. The van der Waals surface area contributed by atoms with Gasteiger partial charge in [-0.05, 0) is 56.7 Å². The van der Waals surface area contributed by atoms with Crippen molar-refractivity contribution >= 4 is 28.6 Å². The highest BCUT2D eigenvalue weighted by atomic mass is 16.5. The maximum Gasteiger partial charge on any atom is 0.268 e. The Hall–Kier alpha value is -3.54. The first-order valence-corrected chi connectivity index (χ1v) is 11.5. The number of carbonyl (C=O) groups excluding carboxylic acids is 3. The number of fused-ring (bicyclic) bond motifs is 1. The Labute approximate surface area is 201 Å². The molecule has 0 bridgehead atoms. The van der Waals surface area contributed by atoms with Gasteiger partial charge in [0.15, 0.2) is 0 Å². The lowest BCUT2D eigenvalue weighted by Crippen LogP contribution is -2.51. The summed E-state index contributed by atoms with van der Waals surface area (Å²) in [4.78, 5) is 41.4. The minimum absolute atomic E-state index is 0.105. The summed E-state index contributed by atoms with van der Waals surface area (Å²) in [6, 6.07) is 6.40. The van der Waals surface area contributed by atoms with E-state index in [0.717, 1.165) is 10.9 Å². The van der Waals surface area contributed by atoms with Gasteiger partial charge in [0.1, 0.15) is 23.5 Å². The quantitative estimate of drug-likeness (QED) is 0.449. The molecule has 2 aromatic rings. The summed E-state index contributed by atoms with van der Waals surface area (Å²) in [5, 5.41) is 18.5. The van der Waals surface area contributed by atoms with E-state index < -0.39 is 35.8 Å². The number of nitrogens with zero attached hydrogens (tertiary/aromatic N) is 1. The van der Waals surface area contributed by atoms with Gasteiger partial charge in [-0.1, -0.05) is 19.9 Å². The zero-order valence-corrected chi connectivity index (χ0v) is 20.0. The van der Waals surface area contributed by atoms with Crippen molar-refractivity contribution in [3.8, 4) is 11.8 Å². The van der Waals surface area contributed by atoms with Crippen LogP contribution in [0.4, 0.5) is 0 Å². The Morgan fingerprint density at radius 2 is 2.09 bits per heavy atom. The second kappa shape index (κ2) is 11.1. The van der Waals surface area contributed by atoms with E-state index in [1.165, 1.54) is 0 Å². The number of nitrogens with one attached hydrogen (secondary N) is 4. The minimum atomic E-state index is -1.02. The molecular formula is C25H33N5O4. The normalized spacial score (nSPS) is 22.3. The van der Waals surface area contributed by atoms with Gasteiger partial charge in [-0.25, -0.2) is 0 Å². The monoisotopic (exact) mass is 468 g/mol. The van der Waals surface area contributed by atoms with Gasteiger partial charge in [-0.3, -0.25) is 14.4 Å². The first kappa shape index (κ1) is 23.6. The fraction of sp³-hybridized carbons (Fsp3) is 0.520. The summed E-state index contributed by atoms with van der Waals surface area (Å²) >= 11 is 0. The summed E-state index contributed by atoms with van der Waals surface area (Å²) in [5.41, 5.74) is 1.03. The second-order valence-corrected chi connectivity index (χ2v) is 9.19. The highest BCUT2D eigenvalue weighted by Gasteiger charge is 2.31. The second-order valence-electron chi connectivity index (χ2n) is 9.19. The third-order valence-electron chi connectivity index (χ3n) is 5.99. The van der Waals surface area contributed by atoms with Crippen molar-refractivity contribution in [3.63, 3.8) is 0 Å². The van der Waals surface area contributed by atoms with Gasteiger partial charge >= 0.3 is 0 Å². The van der Waals surface area contributed by atoms with E-state index in [0.29, 0.717) is 30.7 Å². The average molecular weight is 469 g/mol.